The van der Waals surface area contributed by atoms with E-state index < -0.39 is 0 Å². The van der Waals surface area contributed by atoms with E-state index in [0.29, 0.717) is 17.9 Å². The maximum atomic E-state index is 12.3. The molecule has 0 radical (unpaired) electrons. The summed E-state index contributed by atoms with van der Waals surface area (Å²) in [6.07, 6.45) is 9.07. The Labute approximate surface area is 125 Å². The van der Waals surface area contributed by atoms with Gasteiger partial charge in [-0.3, -0.25) is 9.48 Å². The highest BCUT2D eigenvalue weighted by molar-refractivity contribution is 5.92. The number of rotatable bonds is 2. The van der Waals surface area contributed by atoms with Gasteiger partial charge in [-0.1, -0.05) is 6.42 Å². The van der Waals surface area contributed by atoms with Crippen molar-refractivity contribution in [2.24, 2.45) is 30.5 Å². The Hall–Kier alpha value is -1.07. The van der Waals surface area contributed by atoms with Gasteiger partial charge in [-0.25, -0.2) is 0 Å². The second-order valence-corrected chi connectivity index (χ2v) is 6.09. The summed E-state index contributed by atoms with van der Waals surface area (Å²) in [5.74, 6) is 1.33. The number of nitrogens with one attached hydrogen (secondary N) is 1. The number of nitrogens with two attached hydrogens (primary N) is 1. The molecule has 3 N–H and O–H groups in total. The van der Waals surface area contributed by atoms with E-state index in [-0.39, 0.29) is 24.2 Å². The van der Waals surface area contributed by atoms with Crippen LogP contribution in [0, 0.1) is 17.8 Å². The molecule has 0 spiro atoms. The molecule has 0 aliphatic heterocycles. The lowest BCUT2D eigenvalue weighted by atomic mass is 9.65. The van der Waals surface area contributed by atoms with Crippen molar-refractivity contribution in [3.8, 4) is 0 Å². The highest BCUT2D eigenvalue weighted by atomic mass is 35.5. The zero-order chi connectivity index (χ0) is 13.4. The normalized spacial score (nSPS) is 32.3. The van der Waals surface area contributed by atoms with Crippen molar-refractivity contribution in [2.75, 3.05) is 5.32 Å². The zero-order valence-corrected chi connectivity index (χ0v) is 12.6. The van der Waals surface area contributed by atoms with Crippen molar-refractivity contribution < 1.29 is 4.79 Å². The topological polar surface area (TPSA) is 72.9 Å². The first kappa shape index (κ1) is 15.3. The molecule has 112 valence electrons. The van der Waals surface area contributed by atoms with E-state index in [1.807, 2.05) is 13.2 Å². The fourth-order valence-corrected chi connectivity index (χ4v) is 3.73. The summed E-state index contributed by atoms with van der Waals surface area (Å²) < 4.78 is 1.70. The van der Waals surface area contributed by atoms with Gasteiger partial charge in [0.25, 0.3) is 0 Å². The monoisotopic (exact) mass is 298 g/mol. The molecule has 3 rings (SSSR count). The SMILES string of the molecule is Cl.Cn1cc(NC(=O)C2CC3CCCC(C2)C3N)cn1. The van der Waals surface area contributed by atoms with Crippen LogP contribution in [0.25, 0.3) is 0 Å². The number of fused-ring (bicyclic) bond motifs is 2. The summed E-state index contributed by atoms with van der Waals surface area (Å²) in [6, 6.07) is 0.316. The Balaban J connectivity index is 0.00000147. The Morgan fingerprint density at radius 2 is 2.05 bits per heavy atom. The number of carbonyl (C=O) groups excluding carboxylic acids is 1. The smallest absolute Gasteiger partial charge is 0.227 e. The molecule has 2 saturated carbocycles. The summed E-state index contributed by atoms with van der Waals surface area (Å²) in [4.78, 5) is 12.3. The lowest BCUT2D eigenvalue weighted by molar-refractivity contribution is -0.122. The summed E-state index contributed by atoms with van der Waals surface area (Å²) in [5.41, 5.74) is 7.04. The van der Waals surface area contributed by atoms with Crippen molar-refractivity contribution in [1.29, 1.82) is 0 Å². The third-order valence-electron chi connectivity index (χ3n) is 4.76. The summed E-state index contributed by atoms with van der Waals surface area (Å²) >= 11 is 0. The average Bonchev–Trinajstić information content (AvgIpc) is 2.74. The van der Waals surface area contributed by atoms with E-state index >= 15 is 0 Å². The van der Waals surface area contributed by atoms with Crippen LogP contribution in [0.15, 0.2) is 12.4 Å². The van der Waals surface area contributed by atoms with Crippen LogP contribution in [-0.4, -0.2) is 21.7 Å². The number of aromatic nitrogens is 2. The van der Waals surface area contributed by atoms with Gasteiger partial charge >= 0.3 is 0 Å². The number of nitrogens with zero attached hydrogens (tertiary/aromatic N) is 2. The number of carbonyl (C=O) groups is 1. The lowest BCUT2D eigenvalue weighted by Gasteiger charge is -2.43. The van der Waals surface area contributed by atoms with Crippen LogP contribution < -0.4 is 11.1 Å². The molecule has 6 heteroatoms. The molecule has 2 aliphatic carbocycles. The van der Waals surface area contributed by atoms with Gasteiger partial charge in [0.15, 0.2) is 0 Å². The molecule has 1 amide bonds. The maximum absolute atomic E-state index is 12.3. The summed E-state index contributed by atoms with van der Waals surface area (Å²) in [5, 5.41) is 7.04. The molecule has 20 heavy (non-hydrogen) atoms. The predicted octanol–water partition coefficient (Wildman–Crippen LogP) is 1.93. The second-order valence-electron chi connectivity index (χ2n) is 6.09. The van der Waals surface area contributed by atoms with Crippen molar-refractivity contribution >= 4 is 24.0 Å². The van der Waals surface area contributed by atoms with Crippen molar-refractivity contribution in [3.05, 3.63) is 12.4 Å². The van der Waals surface area contributed by atoms with E-state index in [0.717, 1.165) is 18.5 Å². The minimum atomic E-state index is 0. The molecular formula is C14H23ClN4O. The predicted molar refractivity (Wildman–Crippen MR) is 80.6 cm³/mol. The van der Waals surface area contributed by atoms with E-state index in [9.17, 15) is 4.79 Å². The molecule has 2 aliphatic rings. The van der Waals surface area contributed by atoms with E-state index in [2.05, 4.69) is 10.4 Å². The third kappa shape index (κ3) is 2.99. The number of hydrogen-bond acceptors (Lipinski definition) is 3. The Bertz CT molecular complexity index is 461. The minimum absolute atomic E-state index is 0. The number of amides is 1. The molecule has 2 unspecified atom stereocenters. The Morgan fingerprint density at radius 3 is 2.60 bits per heavy atom. The second kappa shape index (κ2) is 6.14. The number of aryl methyl sites for hydroxylation is 1. The van der Waals surface area contributed by atoms with E-state index in [1.165, 1.54) is 19.3 Å². The van der Waals surface area contributed by atoms with Crippen molar-refractivity contribution in [2.45, 2.75) is 38.1 Å². The molecule has 1 heterocycles. The highest BCUT2D eigenvalue weighted by Gasteiger charge is 2.40. The lowest BCUT2D eigenvalue weighted by Crippen LogP contribution is -2.48. The van der Waals surface area contributed by atoms with E-state index in [1.54, 1.807) is 10.9 Å². The Morgan fingerprint density at radius 1 is 1.40 bits per heavy atom. The number of hydrogen-bond donors (Lipinski definition) is 2. The third-order valence-corrected chi connectivity index (χ3v) is 4.76. The molecule has 1 aromatic rings. The first-order valence-corrected chi connectivity index (χ1v) is 7.18. The largest absolute Gasteiger partial charge is 0.327 e. The van der Waals surface area contributed by atoms with Gasteiger partial charge in [0.05, 0.1) is 11.9 Å². The number of anilines is 1. The van der Waals surface area contributed by atoms with Crippen LogP contribution in [0.4, 0.5) is 5.69 Å². The first-order valence-electron chi connectivity index (χ1n) is 7.18. The molecule has 5 nitrogen and oxygen atoms in total. The molecule has 2 atom stereocenters. The number of halogens is 1. The van der Waals surface area contributed by atoms with Gasteiger partial charge in [-0.2, -0.15) is 5.10 Å². The van der Waals surface area contributed by atoms with Gasteiger partial charge in [-0.05, 0) is 37.5 Å². The van der Waals surface area contributed by atoms with Gasteiger partial charge in [0, 0.05) is 25.2 Å². The highest BCUT2D eigenvalue weighted by Crippen LogP contribution is 2.42. The zero-order valence-electron chi connectivity index (χ0n) is 11.8. The fraction of sp³-hybridized carbons (Fsp3) is 0.714. The standard InChI is InChI=1S/C14H22N4O.ClH/c1-18-8-12(7-16-18)17-14(19)11-5-9-3-2-4-10(6-11)13(9)15;/h7-11,13H,2-6,15H2,1H3,(H,17,19);1H. The van der Waals surface area contributed by atoms with Crippen LogP contribution in [0.2, 0.25) is 0 Å². The van der Waals surface area contributed by atoms with Gasteiger partial charge in [-0.15, -0.1) is 12.4 Å². The van der Waals surface area contributed by atoms with Crippen LogP contribution >= 0.6 is 12.4 Å². The summed E-state index contributed by atoms with van der Waals surface area (Å²) in [7, 11) is 1.85. The first-order chi connectivity index (χ1) is 9.13. The molecule has 2 bridgehead atoms. The van der Waals surface area contributed by atoms with Crippen LogP contribution in [0.3, 0.4) is 0 Å². The van der Waals surface area contributed by atoms with Gasteiger partial charge in [0.2, 0.25) is 5.91 Å². The Kier molecular flexibility index (Phi) is 4.70. The average molecular weight is 299 g/mol. The summed E-state index contributed by atoms with van der Waals surface area (Å²) in [6.45, 7) is 0. The van der Waals surface area contributed by atoms with Crippen molar-refractivity contribution in [3.63, 3.8) is 0 Å². The van der Waals surface area contributed by atoms with Crippen LogP contribution in [0.5, 0.6) is 0 Å². The molecule has 1 aromatic heterocycles. The molecule has 0 aromatic carbocycles. The van der Waals surface area contributed by atoms with Gasteiger partial charge in [0.1, 0.15) is 0 Å². The van der Waals surface area contributed by atoms with Gasteiger partial charge < -0.3 is 11.1 Å². The fourth-order valence-electron chi connectivity index (χ4n) is 3.73. The quantitative estimate of drug-likeness (QED) is 0.876. The molecular weight excluding hydrogens is 276 g/mol. The van der Waals surface area contributed by atoms with E-state index in [4.69, 9.17) is 5.73 Å². The maximum Gasteiger partial charge on any atom is 0.227 e. The van der Waals surface area contributed by atoms with Crippen LogP contribution in [-0.2, 0) is 11.8 Å². The molecule has 2 fully saturated rings. The molecule has 0 saturated heterocycles. The van der Waals surface area contributed by atoms with Crippen molar-refractivity contribution in [1.82, 2.24) is 9.78 Å². The minimum Gasteiger partial charge on any atom is -0.327 e. The van der Waals surface area contributed by atoms with Crippen LogP contribution in [0.1, 0.15) is 32.1 Å².